The molecule has 2 saturated heterocycles. The zero-order valence-corrected chi connectivity index (χ0v) is 13.6. The number of fused-ring (bicyclic) bond motifs is 3. The SMILES string of the molecule is CNCc1c(N2CCC3CCC(C2)N3C)nc2sccn12. The van der Waals surface area contributed by atoms with Gasteiger partial charge in [0.2, 0.25) is 0 Å². The summed E-state index contributed by atoms with van der Waals surface area (Å²) in [6, 6.07) is 1.47. The molecule has 2 unspecified atom stereocenters. The second-order valence-electron chi connectivity index (χ2n) is 6.25. The Kier molecular flexibility index (Phi) is 3.40. The first-order chi connectivity index (χ1) is 10.3. The van der Waals surface area contributed by atoms with Crippen molar-refractivity contribution in [2.24, 2.45) is 0 Å². The van der Waals surface area contributed by atoms with Gasteiger partial charge in [-0.15, -0.1) is 11.3 Å². The maximum atomic E-state index is 4.91. The monoisotopic (exact) mass is 305 g/mol. The Morgan fingerprint density at radius 1 is 1.33 bits per heavy atom. The van der Waals surface area contributed by atoms with Crippen molar-refractivity contribution in [2.45, 2.75) is 37.9 Å². The summed E-state index contributed by atoms with van der Waals surface area (Å²) in [4.78, 5) is 11.1. The van der Waals surface area contributed by atoms with E-state index in [0.29, 0.717) is 6.04 Å². The lowest BCUT2D eigenvalue weighted by atomic mass is 10.1. The third kappa shape index (κ3) is 2.17. The van der Waals surface area contributed by atoms with Crippen molar-refractivity contribution in [3.63, 3.8) is 0 Å². The van der Waals surface area contributed by atoms with Gasteiger partial charge in [-0.1, -0.05) is 0 Å². The van der Waals surface area contributed by atoms with Crippen molar-refractivity contribution in [1.29, 1.82) is 0 Å². The summed E-state index contributed by atoms with van der Waals surface area (Å²) in [5, 5.41) is 5.41. The molecule has 0 radical (unpaired) electrons. The Balaban J connectivity index is 1.69. The first-order valence-corrected chi connectivity index (χ1v) is 8.72. The maximum absolute atomic E-state index is 4.91. The van der Waals surface area contributed by atoms with Crippen LogP contribution in [0.1, 0.15) is 25.0 Å². The topological polar surface area (TPSA) is 35.8 Å². The van der Waals surface area contributed by atoms with Crippen LogP contribution in [0.25, 0.3) is 4.96 Å². The van der Waals surface area contributed by atoms with Crippen molar-refractivity contribution >= 4 is 22.1 Å². The molecule has 4 rings (SSSR count). The fourth-order valence-electron chi connectivity index (χ4n) is 3.91. The van der Waals surface area contributed by atoms with Gasteiger partial charge in [0.1, 0.15) is 0 Å². The molecule has 2 bridgehead atoms. The Morgan fingerprint density at radius 3 is 3.05 bits per heavy atom. The van der Waals surface area contributed by atoms with Crippen LogP contribution >= 0.6 is 11.3 Å². The highest BCUT2D eigenvalue weighted by Crippen LogP contribution is 2.32. The Bertz CT molecular complexity index is 633. The van der Waals surface area contributed by atoms with Gasteiger partial charge in [0.25, 0.3) is 0 Å². The van der Waals surface area contributed by atoms with Gasteiger partial charge in [-0.3, -0.25) is 9.30 Å². The second kappa shape index (κ2) is 5.26. The van der Waals surface area contributed by atoms with E-state index in [9.17, 15) is 0 Å². The van der Waals surface area contributed by atoms with Crippen LogP contribution in [-0.2, 0) is 6.54 Å². The van der Waals surface area contributed by atoms with Gasteiger partial charge in [-0.25, -0.2) is 4.98 Å². The molecule has 2 aromatic rings. The van der Waals surface area contributed by atoms with E-state index in [2.05, 4.69) is 38.1 Å². The third-order valence-corrected chi connectivity index (χ3v) is 5.89. The molecule has 4 heterocycles. The summed E-state index contributed by atoms with van der Waals surface area (Å²) in [6.07, 6.45) is 6.11. The van der Waals surface area contributed by atoms with Crippen LogP contribution in [0.3, 0.4) is 0 Å². The van der Waals surface area contributed by atoms with Crippen molar-refractivity contribution in [3.05, 3.63) is 17.3 Å². The molecule has 0 aromatic carbocycles. The van der Waals surface area contributed by atoms with E-state index >= 15 is 0 Å². The van der Waals surface area contributed by atoms with Crippen LogP contribution in [0, 0.1) is 0 Å². The Hall–Kier alpha value is -1.11. The number of anilines is 1. The summed E-state index contributed by atoms with van der Waals surface area (Å²) in [7, 11) is 4.31. The number of rotatable bonds is 3. The van der Waals surface area contributed by atoms with Gasteiger partial charge in [0.05, 0.1) is 5.69 Å². The molecule has 5 nitrogen and oxygen atoms in total. The van der Waals surface area contributed by atoms with Crippen LogP contribution in [0.4, 0.5) is 5.82 Å². The molecule has 2 aliphatic heterocycles. The fraction of sp³-hybridized carbons (Fsp3) is 0.667. The van der Waals surface area contributed by atoms with Gasteiger partial charge in [-0.05, 0) is 33.4 Å². The first kappa shape index (κ1) is 13.5. The van der Waals surface area contributed by atoms with E-state index in [1.165, 1.54) is 30.8 Å². The number of aromatic nitrogens is 2. The predicted molar refractivity (Wildman–Crippen MR) is 87.2 cm³/mol. The van der Waals surface area contributed by atoms with Crippen molar-refractivity contribution in [3.8, 4) is 0 Å². The molecule has 114 valence electrons. The van der Waals surface area contributed by atoms with E-state index in [0.717, 1.165) is 30.6 Å². The maximum Gasteiger partial charge on any atom is 0.195 e. The largest absolute Gasteiger partial charge is 0.353 e. The van der Waals surface area contributed by atoms with E-state index in [1.54, 1.807) is 11.3 Å². The van der Waals surface area contributed by atoms with Gasteiger partial charge in [-0.2, -0.15) is 0 Å². The minimum absolute atomic E-state index is 0.694. The average molecular weight is 305 g/mol. The van der Waals surface area contributed by atoms with E-state index < -0.39 is 0 Å². The smallest absolute Gasteiger partial charge is 0.195 e. The summed E-state index contributed by atoms with van der Waals surface area (Å²) in [5.41, 5.74) is 1.30. The van der Waals surface area contributed by atoms with Crippen molar-refractivity contribution < 1.29 is 0 Å². The van der Waals surface area contributed by atoms with E-state index in [-0.39, 0.29) is 0 Å². The lowest BCUT2D eigenvalue weighted by molar-refractivity contribution is 0.254. The number of nitrogens with zero attached hydrogens (tertiary/aromatic N) is 4. The standard InChI is InChI=1S/C15H23N5S/c1-16-9-13-14(17-15-20(13)7-8-21-15)19-6-5-11-3-4-12(10-19)18(11)2/h7-8,11-12,16H,3-6,9-10H2,1-2H3. The number of imidazole rings is 1. The molecule has 21 heavy (non-hydrogen) atoms. The van der Waals surface area contributed by atoms with Crippen LogP contribution in [0.15, 0.2) is 11.6 Å². The molecule has 2 atom stereocenters. The molecule has 2 aromatic heterocycles. The number of hydrogen-bond donors (Lipinski definition) is 1. The summed E-state index contributed by atoms with van der Waals surface area (Å²) < 4.78 is 2.24. The molecule has 2 fully saturated rings. The van der Waals surface area contributed by atoms with Crippen LogP contribution in [0.5, 0.6) is 0 Å². The van der Waals surface area contributed by atoms with Crippen LogP contribution < -0.4 is 10.2 Å². The van der Waals surface area contributed by atoms with Crippen molar-refractivity contribution in [2.75, 3.05) is 32.1 Å². The predicted octanol–water partition coefficient (Wildman–Crippen LogP) is 1.79. The first-order valence-electron chi connectivity index (χ1n) is 7.84. The van der Waals surface area contributed by atoms with Gasteiger partial charge in [0.15, 0.2) is 10.8 Å². The van der Waals surface area contributed by atoms with Gasteiger partial charge >= 0.3 is 0 Å². The molecule has 6 heteroatoms. The van der Waals surface area contributed by atoms with Crippen LogP contribution in [0.2, 0.25) is 0 Å². The molecule has 0 saturated carbocycles. The lowest BCUT2D eigenvalue weighted by Gasteiger charge is -2.26. The van der Waals surface area contributed by atoms with Gasteiger partial charge < -0.3 is 10.2 Å². The summed E-state index contributed by atoms with van der Waals surface area (Å²) in [6.45, 7) is 3.12. The van der Waals surface area contributed by atoms with E-state index in [1.807, 2.05) is 7.05 Å². The van der Waals surface area contributed by atoms with Crippen molar-refractivity contribution in [1.82, 2.24) is 19.6 Å². The molecular weight excluding hydrogens is 282 g/mol. The lowest BCUT2D eigenvalue weighted by Crippen LogP contribution is -2.37. The minimum Gasteiger partial charge on any atom is -0.353 e. The Morgan fingerprint density at radius 2 is 2.19 bits per heavy atom. The molecule has 0 amide bonds. The number of hydrogen-bond acceptors (Lipinski definition) is 5. The zero-order valence-electron chi connectivity index (χ0n) is 12.7. The van der Waals surface area contributed by atoms with Gasteiger partial charge in [0, 0.05) is 43.3 Å². The highest BCUT2D eigenvalue weighted by molar-refractivity contribution is 7.15. The van der Waals surface area contributed by atoms with Crippen LogP contribution in [-0.4, -0.2) is 53.6 Å². The third-order valence-electron chi connectivity index (χ3n) is 5.13. The molecular formula is C15H23N5S. The molecule has 0 spiro atoms. The fourth-order valence-corrected chi connectivity index (χ4v) is 4.64. The Labute approximate surface area is 129 Å². The molecule has 0 aliphatic carbocycles. The number of likely N-dealkylation sites (N-methyl/N-ethyl adjacent to an activating group) is 1. The highest BCUT2D eigenvalue weighted by Gasteiger charge is 2.35. The zero-order chi connectivity index (χ0) is 14.4. The average Bonchev–Trinajstić information content (AvgIpc) is 3.08. The summed E-state index contributed by atoms with van der Waals surface area (Å²) >= 11 is 1.72. The summed E-state index contributed by atoms with van der Waals surface area (Å²) in [5.74, 6) is 1.19. The highest BCUT2D eigenvalue weighted by atomic mass is 32.1. The minimum atomic E-state index is 0.694. The second-order valence-corrected chi connectivity index (χ2v) is 7.13. The number of thiazole rings is 1. The van der Waals surface area contributed by atoms with E-state index in [4.69, 9.17) is 4.98 Å². The number of nitrogens with one attached hydrogen (secondary N) is 1. The quantitative estimate of drug-likeness (QED) is 0.938. The molecule has 1 N–H and O–H groups in total. The molecule has 2 aliphatic rings. The normalized spacial score (nSPS) is 26.7.